The van der Waals surface area contributed by atoms with E-state index in [1.165, 1.54) is 13.0 Å². The summed E-state index contributed by atoms with van der Waals surface area (Å²) in [4.78, 5) is 22.2. The summed E-state index contributed by atoms with van der Waals surface area (Å²) in [5.74, 6) is -2.23. The van der Waals surface area contributed by atoms with E-state index in [0.29, 0.717) is 0 Å². The first kappa shape index (κ1) is 15.0. The largest absolute Gasteiger partial charge is 0.871 e. The molecule has 0 aliphatic rings. The Bertz CT molecular complexity index is 536. The fourth-order valence-corrected chi connectivity index (χ4v) is 1.67. The van der Waals surface area contributed by atoms with Crippen molar-refractivity contribution in [2.75, 3.05) is 6.61 Å². The molecular formula is C13H12ClO5-. The standard InChI is InChI=1S/C13H13ClO5/c1-7(2)13(18)19-6-5-8-9(12(16)17)3-4-10(15)11(8)14/h3-4,15H,1,5-6H2,2H3,(H,16,17)/p-1. The molecule has 6 heteroatoms. The van der Waals surface area contributed by atoms with E-state index in [1.54, 1.807) is 0 Å². The van der Waals surface area contributed by atoms with Gasteiger partial charge >= 0.3 is 11.9 Å². The number of carboxylic acid groups (broad SMARTS) is 1. The van der Waals surface area contributed by atoms with Crippen LogP contribution in [0.1, 0.15) is 22.8 Å². The fourth-order valence-electron chi connectivity index (χ4n) is 1.41. The van der Waals surface area contributed by atoms with Crippen LogP contribution < -0.4 is 5.11 Å². The predicted molar refractivity (Wildman–Crippen MR) is 67.3 cm³/mol. The molecule has 0 heterocycles. The molecule has 0 bridgehead atoms. The van der Waals surface area contributed by atoms with Gasteiger partial charge in [-0.15, -0.1) is 0 Å². The van der Waals surface area contributed by atoms with E-state index in [9.17, 15) is 14.7 Å². The summed E-state index contributed by atoms with van der Waals surface area (Å²) >= 11 is 5.79. The highest BCUT2D eigenvalue weighted by Crippen LogP contribution is 2.28. The zero-order valence-corrected chi connectivity index (χ0v) is 11.0. The number of esters is 1. The van der Waals surface area contributed by atoms with Crippen LogP contribution in [0.15, 0.2) is 24.3 Å². The molecule has 0 amide bonds. The van der Waals surface area contributed by atoms with Gasteiger partial charge in [0.05, 0.1) is 12.2 Å². The lowest BCUT2D eigenvalue weighted by atomic mass is 10.0. The number of carbonyl (C=O) groups is 2. The smallest absolute Gasteiger partial charge is 0.336 e. The first-order chi connectivity index (χ1) is 8.84. The molecule has 1 aromatic carbocycles. The van der Waals surface area contributed by atoms with Crippen molar-refractivity contribution in [1.29, 1.82) is 0 Å². The van der Waals surface area contributed by atoms with Crippen molar-refractivity contribution in [3.05, 3.63) is 40.4 Å². The number of halogens is 1. The molecule has 1 aromatic rings. The van der Waals surface area contributed by atoms with Crippen LogP contribution in [-0.4, -0.2) is 23.7 Å². The minimum absolute atomic E-state index is 0.0512. The number of aromatic carboxylic acids is 1. The normalized spacial score (nSPS) is 10.0. The van der Waals surface area contributed by atoms with E-state index >= 15 is 0 Å². The predicted octanol–water partition coefficient (Wildman–Crippen LogP) is 1.77. The average Bonchev–Trinajstić information content (AvgIpc) is 2.33. The summed E-state index contributed by atoms with van der Waals surface area (Å²) in [6.07, 6.45) is 0.0512. The zero-order valence-electron chi connectivity index (χ0n) is 10.2. The van der Waals surface area contributed by atoms with E-state index in [1.807, 2.05) is 0 Å². The minimum Gasteiger partial charge on any atom is -0.871 e. The lowest BCUT2D eigenvalue weighted by Gasteiger charge is -2.15. The molecule has 1 rings (SSSR count). The number of hydrogen-bond donors (Lipinski definition) is 1. The number of carboxylic acids is 1. The van der Waals surface area contributed by atoms with Gasteiger partial charge in [-0.3, -0.25) is 0 Å². The van der Waals surface area contributed by atoms with Crippen molar-refractivity contribution < 1.29 is 24.5 Å². The molecule has 102 valence electrons. The Morgan fingerprint density at radius 3 is 2.63 bits per heavy atom. The summed E-state index contributed by atoms with van der Waals surface area (Å²) in [5.41, 5.74) is 0.328. The van der Waals surface area contributed by atoms with Crippen molar-refractivity contribution in [3.8, 4) is 5.75 Å². The second-order valence-electron chi connectivity index (χ2n) is 3.88. The highest BCUT2D eigenvalue weighted by molar-refractivity contribution is 6.33. The van der Waals surface area contributed by atoms with Crippen molar-refractivity contribution in [3.63, 3.8) is 0 Å². The quantitative estimate of drug-likeness (QED) is 0.657. The van der Waals surface area contributed by atoms with Crippen molar-refractivity contribution >= 4 is 23.5 Å². The van der Waals surface area contributed by atoms with Gasteiger partial charge in [0.2, 0.25) is 0 Å². The van der Waals surface area contributed by atoms with Gasteiger partial charge in [-0.05, 0) is 18.6 Å². The van der Waals surface area contributed by atoms with Gasteiger partial charge in [0.15, 0.2) is 0 Å². The van der Waals surface area contributed by atoms with E-state index in [0.717, 1.165) is 6.07 Å². The Kier molecular flexibility index (Phi) is 4.94. The van der Waals surface area contributed by atoms with Crippen molar-refractivity contribution in [2.45, 2.75) is 13.3 Å². The summed E-state index contributed by atoms with van der Waals surface area (Å²) < 4.78 is 4.84. The topological polar surface area (TPSA) is 86.7 Å². The molecule has 0 saturated carbocycles. The lowest BCUT2D eigenvalue weighted by Crippen LogP contribution is -2.11. The number of benzene rings is 1. The Morgan fingerprint density at radius 2 is 2.11 bits per heavy atom. The summed E-state index contributed by atoms with van der Waals surface area (Å²) in [6.45, 7) is 4.84. The summed E-state index contributed by atoms with van der Waals surface area (Å²) in [5, 5.41) is 20.2. The van der Waals surface area contributed by atoms with Crippen LogP contribution in [0.2, 0.25) is 5.02 Å². The minimum atomic E-state index is -1.19. The van der Waals surface area contributed by atoms with Gasteiger partial charge in [-0.25, -0.2) is 9.59 Å². The molecule has 5 nitrogen and oxygen atoms in total. The third kappa shape index (κ3) is 3.72. The second-order valence-corrected chi connectivity index (χ2v) is 4.25. The monoisotopic (exact) mass is 283 g/mol. The molecule has 0 aliphatic carbocycles. The Hall–Kier alpha value is -2.01. The van der Waals surface area contributed by atoms with Crippen molar-refractivity contribution in [1.82, 2.24) is 0 Å². The highest BCUT2D eigenvalue weighted by atomic mass is 35.5. The van der Waals surface area contributed by atoms with Gasteiger partial charge in [0, 0.05) is 17.0 Å². The zero-order chi connectivity index (χ0) is 14.6. The van der Waals surface area contributed by atoms with E-state index in [-0.39, 0.29) is 34.8 Å². The van der Waals surface area contributed by atoms with Gasteiger partial charge in [0.1, 0.15) is 0 Å². The molecular weight excluding hydrogens is 272 g/mol. The second kappa shape index (κ2) is 6.24. The van der Waals surface area contributed by atoms with Crippen LogP contribution in [0.5, 0.6) is 5.75 Å². The Labute approximate surface area is 115 Å². The maximum atomic E-state index is 11.4. The first-order valence-electron chi connectivity index (χ1n) is 5.39. The van der Waals surface area contributed by atoms with E-state index in [2.05, 4.69) is 6.58 Å². The molecule has 0 aliphatic heterocycles. The molecule has 0 spiro atoms. The average molecular weight is 284 g/mol. The molecule has 0 saturated heterocycles. The molecule has 0 fully saturated rings. The maximum Gasteiger partial charge on any atom is 0.336 e. The number of ether oxygens (including phenoxy) is 1. The van der Waals surface area contributed by atoms with E-state index in [4.69, 9.17) is 21.4 Å². The van der Waals surface area contributed by atoms with Gasteiger partial charge in [-0.2, -0.15) is 0 Å². The Balaban J connectivity index is 2.88. The van der Waals surface area contributed by atoms with Crippen LogP contribution in [0.4, 0.5) is 0 Å². The van der Waals surface area contributed by atoms with Crippen LogP contribution in [0.3, 0.4) is 0 Å². The number of carbonyl (C=O) groups excluding carboxylic acids is 1. The van der Waals surface area contributed by atoms with Crippen LogP contribution in [-0.2, 0) is 16.0 Å². The number of rotatable bonds is 5. The molecule has 0 aromatic heterocycles. The van der Waals surface area contributed by atoms with Crippen LogP contribution in [0.25, 0.3) is 0 Å². The fraction of sp³-hybridized carbons (Fsp3) is 0.231. The maximum absolute atomic E-state index is 11.4. The third-order valence-corrected chi connectivity index (χ3v) is 2.79. The van der Waals surface area contributed by atoms with Crippen LogP contribution >= 0.6 is 11.6 Å². The molecule has 1 N–H and O–H groups in total. The number of hydrogen-bond acceptors (Lipinski definition) is 4. The molecule has 0 unspecified atom stereocenters. The van der Waals surface area contributed by atoms with Gasteiger partial charge in [0.25, 0.3) is 0 Å². The summed E-state index contributed by atoms with van der Waals surface area (Å²) in [7, 11) is 0. The van der Waals surface area contributed by atoms with E-state index < -0.39 is 17.7 Å². The van der Waals surface area contributed by atoms with Gasteiger partial charge in [-0.1, -0.05) is 30.0 Å². The summed E-state index contributed by atoms with van der Waals surface area (Å²) in [6, 6.07) is 2.28. The van der Waals surface area contributed by atoms with Crippen LogP contribution in [0, 0.1) is 0 Å². The van der Waals surface area contributed by atoms with Gasteiger partial charge < -0.3 is 14.9 Å². The first-order valence-corrected chi connectivity index (χ1v) is 5.76. The Morgan fingerprint density at radius 1 is 1.47 bits per heavy atom. The molecule has 0 atom stereocenters. The SMILES string of the molecule is C=C(C)C(=O)OCCc1c(C(=O)O)ccc([O-])c1Cl. The molecule has 0 radical (unpaired) electrons. The lowest BCUT2D eigenvalue weighted by molar-refractivity contribution is -0.268. The van der Waals surface area contributed by atoms with Crippen molar-refractivity contribution in [2.24, 2.45) is 0 Å². The highest BCUT2D eigenvalue weighted by Gasteiger charge is 2.14. The molecule has 19 heavy (non-hydrogen) atoms. The third-order valence-electron chi connectivity index (χ3n) is 2.37.